The van der Waals surface area contributed by atoms with Gasteiger partial charge in [0, 0.05) is 0 Å². The molecule has 0 heterocycles. The van der Waals surface area contributed by atoms with Crippen molar-refractivity contribution in [3.8, 4) is 0 Å². The smallest absolute Gasteiger partial charge is 0.335 e. The molecule has 14 heavy (non-hydrogen) atoms. The molecule has 0 saturated heterocycles. The topological polar surface area (TPSA) is 49.3 Å². The first-order valence-corrected chi connectivity index (χ1v) is 4.71. The molecule has 0 aliphatic carbocycles. The molecule has 0 aromatic heterocycles. The van der Waals surface area contributed by atoms with Crippen LogP contribution in [0.15, 0.2) is 24.3 Å². The Labute approximate surface area is 83.8 Å². The second-order valence-corrected chi connectivity index (χ2v) is 3.21. The third-order valence-corrected chi connectivity index (χ3v) is 2.07. The molecule has 0 atom stereocenters. The van der Waals surface area contributed by atoms with E-state index in [1.54, 1.807) is 18.2 Å². The van der Waals surface area contributed by atoms with Crippen molar-refractivity contribution in [1.82, 2.24) is 5.32 Å². The highest BCUT2D eigenvalue weighted by molar-refractivity contribution is 5.87. The Kier molecular flexibility index (Phi) is 4.13. The number of hydrogen-bond donors (Lipinski definition) is 2. The van der Waals surface area contributed by atoms with Crippen LogP contribution in [0.3, 0.4) is 0 Å². The van der Waals surface area contributed by atoms with E-state index in [4.69, 9.17) is 5.11 Å². The lowest BCUT2D eigenvalue weighted by Gasteiger charge is -2.02. The third kappa shape index (κ3) is 3.18. The number of rotatable bonds is 5. The van der Waals surface area contributed by atoms with Crippen LogP contribution < -0.4 is 5.32 Å². The predicted octanol–water partition coefficient (Wildman–Crippen LogP) is 1.54. The van der Waals surface area contributed by atoms with Crippen LogP contribution in [-0.2, 0) is 6.42 Å². The number of hydrogen-bond acceptors (Lipinski definition) is 2. The van der Waals surface area contributed by atoms with Crippen LogP contribution in [0.1, 0.15) is 22.3 Å². The van der Waals surface area contributed by atoms with Crippen molar-refractivity contribution in [2.24, 2.45) is 0 Å². The maximum absolute atomic E-state index is 10.7. The van der Waals surface area contributed by atoms with Crippen LogP contribution >= 0.6 is 0 Å². The summed E-state index contributed by atoms with van der Waals surface area (Å²) in [7, 11) is 1.91. The van der Waals surface area contributed by atoms with Crippen LogP contribution in [0.5, 0.6) is 0 Å². The van der Waals surface area contributed by atoms with Crippen LogP contribution in [0, 0.1) is 0 Å². The Balaban J connectivity index is 2.59. The molecule has 0 bridgehead atoms. The Bertz CT molecular complexity index is 310. The molecule has 0 amide bonds. The van der Waals surface area contributed by atoms with Gasteiger partial charge in [0.05, 0.1) is 5.56 Å². The number of benzene rings is 1. The van der Waals surface area contributed by atoms with E-state index in [1.807, 2.05) is 13.1 Å². The molecule has 1 rings (SSSR count). The molecule has 2 N–H and O–H groups in total. The number of carbonyl (C=O) groups is 1. The van der Waals surface area contributed by atoms with E-state index in [0.717, 1.165) is 24.9 Å². The Morgan fingerprint density at radius 1 is 1.50 bits per heavy atom. The number of nitrogens with one attached hydrogen (secondary N) is 1. The fourth-order valence-electron chi connectivity index (χ4n) is 1.33. The van der Waals surface area contributed by atoms with Gasteiger partial charge in [-0.2, -0.15) is 0 Å². The third-order valence-electron chi connectivity index (χ3n) is 2.07. The van der Waals surface area contributed by atoms with Crippen molar-refractivity contribution in [3.05, 3.63) is 35.4 Å². The summed E-state index contributed by atoms with van der Waals surface area (Å²) in [6, 6.07) is 7.10. The van der Waals surface area contributed by atoms with Crippen molar-refractivity contribution < 1.29 is 9.90 Å². The van der Waals surface area contributed by atoms with E-state index in [0.29, 0.717) is 5.56 Å². The maximum Gasteiger partial charge on any atom is 0.335 e. The lowest BCUT2D eigenvalue weighted by atomic mass is 10.1. The SMILES string of the molecule is CNCCCc1cccc(C(=O)O)c1. The second kappa shape index (κ2) is 5.40. The van der Waals surface area contributed by atoms with Crippen molar-refractivity contribution in [3.63, 3.8) is 0 Å². The average molecular weight is 193 g/mol. The summed E-state index contributed by atoms with van der Waals surface area (Å²) in [4.78, 5) is 10.7. The van der Waals surface area contributed by atoms with Crippen LogP contribution in [0.2, 0.25) is 0 Å². The van der Waals surface area contributed by atoms with E-state index in [1.165, 1.54) is 0 Å². The van der Waals surface area contributed by atoms with Gasteiger partial charge >= 0.3 is 5.97 Å². The molecule has 0 saturated carbocycles. The highest BCUT2D eigenvalue weighted by atomic mass is 16.4. The molecule has 1 aromatic rings. The zero-order chi connectivity index (χ0) is 10.4. The average Bonchev–Trinajstić information content (AvgIpc) is 2.19. The molecule has 76 valence electrons. The second-order valence-electron chi connectivity index (χ2n) is 3.21. The molecule has 0 aliphatic rings. The fraction of sp³-hybridized carbons (Fsp3) is 0.364. The zero-order valence-electron chi connectivity index (χ0n) is 8.29. The van der Waals surface area contributed by atoms with E-state index in [-0.39, 0.29) is 0 Å². The zero-order valence-corrected chi connectivity index (χ0v) is 8.29. The van der Waals surface area contributed by atoms with E-state index >= 15 is 0 Å². The van der Waals surface area contributed by atoms with Gasteiger partial charge in [-0.05, 0) is 44.1 Å². The number of aromatic carboxylic acids is 1. The molecule has 0 radical (unpaired) electrons. The van der Waals surface area contributed by atoms with Gasteiger partial charge < -0.3 is 10.4 Å². The Morgan fingerprint density at radius 2 is 2.29 bits per heavy atom. The summed E-state index contributed by atoms with van der Waals surface area (Å²) in [6.45, 7) is 0.956. The normalized spacial score (nSPS) is 10.1. The van der Waals surface area contributed by atoms with Crippen molar-refractivity contribution in [2.75, 3.05) is 13.6 Å². The van der Waals surface area contributed by atoms with Gasteiger partial charge in [0.15, 0.2) is 0 Å². The lowest BCUT2D eigenvalue weighted by molar-refractivity contribution is 0.0697. The molecular weight excluding hydrogens is 178 g/mol. The van der Waals surface area contributed by atoms with Crippen LogP contribution in [-0.4, -0.2) is 24.7 Å². The van der Waals surface area contributed by atoms with Crippen molar-refractivity contribution >= 4 is 5.97 Å². The summed E-state index contributed by atoms with van der Waals surface area (Å²) < 4.78 is 0. The van der Waals surface area contributed by atoms with E-state index < -0.39 is 5.97 Å². The Morgan fingerprint density at radius 3 is 2.93 bits per heavy atom. The first kappa shape index (κ1) is 10.7. The molecule has 0 fully saturated rings. The van der Waals surface area contributed by atoms with Gasteiger partial charge in [-0.1, -0.05) is 12.1 Å². The monoisotopic (exact) mass is 193 g/mol. The minimum Gasteiger partial charge on any atom is -0.478 e. The molecule has 1 aromatic carbocycles. The van der Waals surface area contributed by atoms with Gasteiger partial charge in [0.1, 0.15) is 0 Å². The quantitative estimate of drug-likeness (QED) is 0.697. The molecule has 3 heteroatoms. The van der Waals surface area contributed by atoms with E-state index in [2.05, 4.69) is 5.32 Å². The summed E-state index contributed by atoms with van der Waals surface area (Å²) in [5, 5.41) is 11.8. The molecular formula is C11H15NO2. The van der Waals surface area contributed by atoms with Crippen LogP contribution in [0.25, 0.3) is 0 Å². The van der Waals surface area contributed by atoms with E-state index in [9.17, 15) is 4.79 Å². The fourth-order valence-corrected chi connectivity index (χ4v) is 1.33. The Hall–Kier alpha value is -1.35. The summed E-state index contributed by atoms with van der Waals surface area (Å²) >= 11 is 0. The minimum atomic E-state index is -0.861. The first-order valence-electron chi connectivity index (χ1n) is 4.71. The largest absolute Gasteiger partial charge is 0.478 e. The first-order chi connectivity index (χ1) is 6.74. The number of carboxylic acids is 1. The highest BCUT2D eigenvalue weighted by Crippen LogP contribution is 2.07. The van der Waals surface area contributed by atoms with Gasteiger partial charge in [0.25, 0.3) is 0 Å². The van der Waals surface area contributed by atoms with Gasteiger partial charge in [-0.3, -0.25) is 0 Å². The molecule has 0 aliphatic heterocycles. The lowest BCUT2D eigenvalue weighted by Crippen LogP contribution is -2.08. The number of carboxylic acid groups (broad SMARTS) is 1. The van der Waals surface area contributed by atoms with Gasteiger partial charge in [-0.25, -0.2) is 4.79 Å². The van der Waals surface area contributed by atoms with Gasteiger partial charge in [-0.15, -0.1) is 0 Å². The predicted molar refractivity (Wildman–Crippen MR) is 55.6 cm³/mol. The number of aryl methyl sites for hydroxylation is 1. The summed E-state index contributed by atoms with van der Waals surface area (Å²) in [6.07, 6.45) is 1.95. The molecule has 3 nitrogen and oxygen atoms in total. The minimum absolute atomic E-state index is 0.368. The standard InChI is InChI=1S/C11H15NO2/c1-12-7-3-5-9-4-2-6-10(8-9)11(13)14/h2,4,6,8,12H,3,5,7H2,1H3,(H,13,14). The van der Waals surface area contributed by atoms with Crippen LogP contribution in [0.4, 0.5) is 0 Å². The van der Waals surface area contributed by atoms with Gasteiger partial charge in [0.2, 0.25) is 0 Å². The maximum atomic E-state index is 10.7. The summed E-state index contributed by atoms with van der Waals surface area (Å²) in [5.41, 5.74) is 1.45. The summed E-state index contributed by atoms with van der Waals surface area (Å²) in [5.74, 6) is -0.861. The van der Waals surface area contributed by atoms with Crippen molar-refractivity contribution in [1.29, 1.82) is 0 Å². The van der Waals surface area contributed by atoms with Crippen molar-refractivity contribution in [2.45, 2.75) is 12.8 Å². The molecule has 0 spiro atoms. The highest BCUT2D eigenvalue weighted by Gasteiger charge is 2.02. The molecule has 0 unspecified atom stereocenters.